The number of hydrogen-bond donors (Lipinski definition) is 1. The van der Waals surface area contributed by atoms with Crippen molar-refractivity contribution in [2.45, 2.75) is 39.8 Å². The van der Waals surface area contributed by atoms with E-state index in [0.29, 0.717) is 18.8 Å². The first-order chi connectivity index (χ1) is 13.4. The second-order valence-electron chi connectivity index (χ2n) is 6.67. The fourth-order valence-electron chi connectivity index (χ4n) is 2.69. The number of benzene rings is 2. The smallest absolute Gasteiger partial charge is 0.261 e. The summed E-state index contributed by atoms with van der Waals surface area (Å²) in [5.41, 5.74) is 1.99. The molecule has 6 heteroatoms. The average Bonchev–Trinajstić information content (AvgIpc) is 2.71. The molecular formula is C22H27BrN2O3. The van der Waals surface area contributed by atoms with E-state index in [2.05, 4.69) is 21.2 Å². The first-order valence-corrected chi connectivity index (χ1v) is 10.2. The largest absolute Gasteiger partial charge is 0.484 e. The minimum absolute atomic E-state index is 0.126. The fourth-order valence-corrected chi connectivity index (χ4v) is 2.94. The number of halogens is 1. The van der Waals surface area contributed by atoms with E-state index in [1.807, 2.05) is 62.4 Å². The number of amides is 2. The molecule has 2 amide bonds. The summed E-state index contributed by atoms with van der Waals surface area (Å²) < 4.78 is 6.67. The van der Waals surface area contributed by atoms with Gasteiger partial charge in [0.1, 0.15) is 11.8 Å². The molecule has 2 rings (SSSR count). The maximum absolute atomic E-state index is 12.9. The Bertz CT molecular complexity index is 796. The normalized spacial score (nSPS) is 11.6. The van der Waals surface area contributed by atoms with Gasteiger partial charge in [0, 0.05) is 17.6 Å². The van der Waals surface area contributed by atoms with Gasteiger partial charge >= 0.3 is 0 Å². The van der Waals surface area contributed by atoms with Crippen LogP contribution in [0.1, 0.15) is 31.4 Å². The fraction of sp³-hybridized carbons (Fsp3) is 0.364. The molecule has 5 nitrogen and oxygen atoms in total. The first kappa shape index (κ1) is 22.0. The average molecular weight is 447 g/mol. The Hall–Kier alpha value is -2.34. The van der Waals surface area contributed by atoms with Gasteiger partial charge in [0.05, 0.1) is 0 Å². The predicted molar refractivity (Wildman–Crippen MR) is 114 cm³/mol. The molecule has 0 unspecified atom stereocenters. The van der Waals surface area contributed by atoms with Crippen molar-refractivity contribution in [2.75, 3.05) is 13.2 Å². The van der Waals surface area contributed by atoms with Crippen molar-refractivity contribution < 1.29 is 14.3 Å². The lowest BCUT2D eigenvalue weighted by molar-refractivity contribution is -0.142. The van der Waals surface area contributed by atoms with Crippen molar-refractivity contribution in [3.63, 3.8) is 0 Å². The lowest BCUT2D eigenvalue weighted by Crippen LogP contribution is -2.49. The predicted octanol–water partition coefficient (Wildman–Crippen LogP) is 4.08. The number of nitrogens with one attached hydrogen (secondary N) is 1. The van der Waals surface area contributed by atoms with Gasteiger partial charge in [-0.25, -0.2) is 0 Å². The molecule has 0 aromatic heterocycles. The molecule has 0 aliphatic rings. The lowest BCUT2D eigenvalue weighted by Gasteiger charge is -2.28. The topological polar surface area (TPSA) is 58.6 Å². The van der Waals surface area contributed by atoms with Crippen LogP contribution in [0.5, 0.6) is 5.75 Å². The molecule has 2 aromatic rings. The Morgan fingerprint density at radius 2 is 1.89 bits per heavy atom. The van der Waals surface area contributed by atoms with Gasteiger partial charge in [0.2, 0.25) is 5.91 Å². The van der Waals surface area contributed by atoms with Crippen LogP contribution < -0.4 is 10.1 Å². The molecule has 0 bridgehead atoms. The van der Waals surface area contributed by atoms with Crippen molar-refractivity contribution in [1.82, 2.24) is 10.2 Å². The van der Waals surface area contributed by atoms with Crippen molar-refractivity contribution >= 4 is 27.7 Å². The van der Waals surface area contributed by atoms with Gasteiger partial charge in [-0.1, -0.05) is 53.2 Å². The van der Waals surface area contributed by atoms with E-state index in [0.717, 1.165) is 22.0 Å². The SMILES string of the molecule is CCCNC(=O)[C@@H](C)N(Cc1ccccc1)C(=O)COc1ccc(Br)c(C)c1. The number of carbonyl (C=O) groups is 2. The van der Waals surface area contributed by atoms with E-state index < -0.39 is 6.04 Å². The van der Waals surface area contributed by atoms with Gasteiger partial charge in [-0.15, -0.1) is 0 Å². The summed E-state index contributed by atoms with van der Waals surface area (Å²) in [6.07, 6.45) is 0.844. The summed E-state index contributed by atoms with van der Waals surface area (Å²) in [5, 5.41) is 2.86. The minimum Gasteiger partial charge on any atom is -0.484 e. The monoisotopic (exact) mass is 446 g/mol. The Morgan fingerprint density at radius 1 is 1.18 bits per heavy atom. The first-order valence-electron chi connectivity index (χ1n) is 9.42. The van der Waals surface area contributed by atoms with Crippen LogP contribution in [0.15, 0.2) is 53.0 Å². The number of carbonyl (C=O) groups excluding carboxylic acids is 2. The Labute approximate surface area is 175 Å². The number of ether oxygens (including phenoxy) is 1. The van der Waals surface area contributed by atoms with Crippen LogP contribution in [-0.4, -0.2) is 35.9 Å². The third-order valence-electron chi connectivity index (χ3n) is 4.40. The van der Waals surface area contributed by atoms with Gasteiger partial charge in [-0.2, -0.15) is 0 Å². The van der Waals surface area contributed by atoms with Crippen molar-refractivity contribution in [1.29, 1.82) is 0 Å². The summed E-state index contributed by atoms with van der Waals surface area (Å²) in [4.78, 5) is 26.9. The molecule has 0 aliphatic carbocycles. The van der Waals surface area contributed by atoms with Crippen molar-refractivity contribution in [3.05, 3.63) is 64.1 Å². The van der Waals surface area contributed by atoms with Crippen molar-refractivity contribution in [3.8, 4) is 5.75 Å². The van der Waals surface area contributed by atoms with E-state index in [4.69, 9.17) is 4.74 Å². The van der Waals surface area contributed by atoms with Gasteiger partial charge in [0.25, 0.3) is 5.91 Å². The van der Waals surface area contributed by atoms with Crippen LogP contribution in [0.3, 0.4) is 0 Å². The number of rotatable bonds is 9. The quantitative estimate of drug-likeness (QED) is 0.630. The Morgan fingerprint density at radius 3 is 2.54 bits per heavy atom. The van der Waals surface area contributed by atoms with Gasteiger partial charge in [0.15, 0.2) is 6.61 Å². The minimum atomic E-state index is -0.588. The van der Waals surface area contributed by atoms with Gasteiger partial charge in [-0.05, 0) is 49.6 Å². The van der Waals surface area contributed by atoms with Crippen LogP contribution >= 0.6 is 15.9 Å². The van der Waals surface area contributed by atoms with Crippen molar-refractivity contribution in [2.24, 2.45) is 0 Å². The zero-order valence-corrected chi connectivity index (χ0v) is 18.2. The molecule has 2 aromatic carbocycles. The number of hydrogen-bond acceptors (Lipinski definition) is 3. The molecule has 0 aliphatic heterocycles. The van der Waals surface area contributed by atoms with E-state index in [1.54, 1.807) is 11.8 Å². The Kier molecular flexibility index (Phi) is 8.51. The molecule has 1 N–H and O–H groups in total. The summed E-state index contributed by atoms with van der Waals surface area (Å²) in [7, 11) is 0. The summed E-state index contributed by atoms with van der Waals surface area (Å²) in [5.74, 6) is 0.228. The maximum atomic E-state index is 12.9. The molecule has 1 atom stereocenters. The molecule has 0 fully saturated rings. The molecule has 0 radical (unpaired) electrons. The van der Waals surface area contributed by atoms with E-state index >= 15 is 0 Å². The maximum Gasteiger partial charge on any atom is 0.261 e. The molecule has 28 heavy (non-hydrogen) atoms. The van der Waals surface area contributed by atoms with Crippen LogP contribution in [0.25, 0.3) is 0 Å². The standard InChI is InChI=1S/C22H27BrN2O3/c1-4-12-24-22(27)17(3)25(14-18-8-6-5-7-9-18)21(26)15-28-19-10-11-20(23)16(2)13-19/h5-11,13,17H,4,12,14-15H2,1-3H3,(H,24,27)/t17-/m1/s1. The van der Waals surface area contributed by atoms with Crippen LogP contribution in [0.4, 0.5) is 0 Å². The molecular weight excluding hydrogens is 420 g/mol. The van der Waals surface area contributed by atoms with Gasteiger partial charge < -0.3 is 15.0 Å². The summed E-state index contributed by atoms with van der Waals surface area (Å²) in [6, 6.07) is 14.6. The number of aryl methyl sites for hydroxylation is 1. The highest BCUT2D eigenvalue weighted by atomic mass is 79.9. The summed E-state index contributed by atoms with van der Waals surface area (Å²) >= 11 is 3.45. The highest BCUT2D eigenvalue weighted by molar-refractivity contribution is 9.10. The zero-order valence-electron chi connectivity index (χ0n) is 16.6. The molecule has 150 valence electrons. The highest BCUT2D eigenvalue weighted by Crippen LogP contribution is 2.21. The molecule has 0 heterocycles. The van der Waals surface area contributed by atoms with E-state index in [9.17, 15) is 9.59 Å². The third-order valence-corrected chi connectivity index (χ3v) is 5.29. The highest BCUT2D eigenvalue weighted by Gasteiger charge is 2.26. The molecule has 0 spiro atoms. The third kappa shape index (κ3) is 6.37. The van der Waals surface area contributed by atoms with E-state index in [-0.39, 0.29) is 18.4 Å². The van der Waals surface area contributed by atoms with Crippen LogP contribution in [0, 0.1) is 6.92 Å². The van der Waals surface area contributed by atoms with Crippen LogP contribution in [-0.2, 0) is 16.1 Å². The molecule has 0 saturated heterocycles. The Balaban J connectivity index is 2.10. The second kappa shape index (κ2) is 10.9. The van der Waals surface area contributed by atoms with Crippen LogP contribution in [0.2, 0.25) is 0 Å². The van der Waals surface area contributed by atoms with Gasteiger partial charge in [-0.3, -0.25) is 9.59 Å². The lowest BCUT2D eigenvalue weighted by atomic mass is 10.1. The summed E-state index contributed by atoms with van der Waals surface area (Å²) in [6.45, 7) is 6.51. The molecule has 0 saturated carbocycles. The zero-order chi connectivity index (χ0) is 20.5. The second-order valence-corrected chi connectivity index (χ2v) is 7.53. The van der Waals surface area contributed by atoms with E-state index in [1.165, 1.54) is 0 Å². The number of nitrogens with zero attached hydrogens (tertiary/aromatic N) is 1.